The molecule has 0 aliphatic carbocycles. The molecule has 0 unspecified atom stereocenters. The molecule has 8 nitrogen and oxygen atoms in total. The van der Waals surface area contributed by atoms with Gasteiger partial charge in [-0.1, -0.05) is 16.8 Å². The number of ether oxygens (including phenoxy) is 2. The maximum Gasteiger partial charge on any atom is 0.161 e. The number of aromatic nitrogens is 3. The molecule has 3 atom stereocenters. The van der Waals surface area contributed by atoms with E-state index in [1.807, 2.05) is 19.9 Å². The van der Waals surface area contributed by atoms with E-state index in [2.05, 4.69) is 24.3 Å². The molecule has 194 valence electrons. The average Bonchev–Trinajstić information content (AvgIpc) is 3.18. The van der Waals surface area contributed by atoms with Crippen molar-refractivity contribution >= 4 is 11.6 Å². The Morgan fingerprint density at radius 3 is 2.75 bits per heavy atom. The van der Waals surface area contributed by atoms with Crippen LogP contribution in [0.15, 0.2) is 22.7 Å². The Kier molecular flexibility index (Phi) is 8.62. The molecule has 1 aliphatic rings. The molecule has 0 bridgehead atoms. The molecule has 2 aromatic heterocycles. The summed E-state index contributed by atoms with van der Waals surface area (Å²) in [6, 6.07) is 5.39. The van der Waals surface area contributed by atoms with Gasteiger partial charge in [0.2, 0.25) is 0 Å². The fourth-order valence-electron chi connectivity index (χ4n) is 4.75. The van der Waals surface area contributed by atoms with Crippen LogP contribution in [0.2, 0.25) is 5.02 Å². The summed E-state index contributed by atoms with van der Waals surface area (Å²) in [5.74, 6) is 2.31. The van der Waals surface area contributed by atoms with Gasteiger partial charge in [-0.05, 0) is 83.7 Å². The predicted octanol–water partition coefficient (Wildman–Crippen LogP) is 4.69. The second-order valence-corrected chi connectivity index (χ2v) is 10.0. The molecule has 0 amide bonds. The monoisotopic (exact) mass is 514 g/mol. The molecule has 1 aliphatic heterocycles. The number of aliphatic hydroxyl groups is 1. The molecule has 3 aromatic rings. The Hall–Kier alpha value is -2.52. The van der Waals surface area contributed by atoms with Gasteiger partial charge in [-0.25, -0.2) is 9.97 Å². The van der Waals surface area contributed by atoms with Crippen molar-refractivity contribution in [2.45, 2.75) is 59.2 Å². The SMILES string of the molecule is CNC[C@@H](O)COc1ccc(Cl)c(-c2nc(C[C@H]3CCO[C@H](C)C3)c(C)c(-c3c(C)noc3C)n2)c1. The average molecular weight is 515 g/mol. The lowest BCUT2D eigenvalue weighted by Gasteiger charge is -2.27. The number of nitrogens with zero attached hydrogens (tertiary/aromatic N) is 3. The van der Waals surface area contributed by atoms with E-state index < -0.39 is 6.10 Å². The third-order valence-corrected chi connectivity index (χ3v) is 6.98. The van der Waals surface area contributed by atoms with Crippen LogP contribution in [0.25, 0.3) is 22.6 Å². The van der Waals surface area contributed by atoms with E-state index in [0.717, 1.165) is 54.1 Å². The first-order valence-corrected chi connectivity index (χ1v) is 12.8. The van der Waals surface area contributed by atoms with Gasteiger partial charge in [-0.15, -0.1) is 0 Å². The van der Waals surface area contributed by atoms with Crippen LogP contribution in [0.1, 0.15) is 42.5 Å². The standard InChI is InChI=1S/C27H35ClN4O4/c1-15-10-19(8-9-34-15)11-24-16(2)26(25-17(3)32-36-18(25)4)31-27(30-24)22-12-21(6-7-23(22)28)35-14-20(33)13-29-5/h6-7,12,15,19-20,29,33H,8-11,13-14H2,1-5H3/t15-,19+,20-/m1/s1. The van der Waals surface area contributed by atoms with Crippen molar-refractivity contribution in [1.82, 2.24) is 20.4 Å². The van der Waals surface area contributed by atoms with E-state index in [0.29, 0.717) is 40.4 Å². The lowest BCUT2D eigenvalue weighted by molar-refractivity contribution is 0.00262. The Morgan fingerprint density at radius 1 is 1.25 bits per heavy atom. The number of hydrogen-bond acceptors (Lipinski definition) is 8. The van der Waals surface area contributed by atoms with Crippen molar-refractivity contribution < 1.29 is 19.1 Å². The van der Waals surface area contributed by atoms with Gasteiger partial charge in [-0.2, -0.15) is 0 Å². The van der Waals surface area contributed by atoms with Crippen LogP contribution in [0, 0.1) is 26.7 Å². The number of hydrogen-bond donors (Lipinski definition) is 2. The van der Waals surface area contributed by atoms with Crippen molar-refractivity contribution in [1.29, 1.82) is 0 Å². The molecule has 0 spiro atoms. The van der Waals surface area contributed by atoms with Crippen molar-refractivity contribution in [3.63, 3.8) is 0 Å². The zero-order chi connectivity index (χ0) is 25.8. The number of halogens is 1. The molecule has 2 N–H and O–H groups in total. The van der Waals surface area contributed by atoms with Crippen LogP contribution in [0.5, 0.6) is 5.75 Å². The van der Waals surface area contributed by atoms with E-state index in [1.54, 1.807) is 19.2 Å². The molecule has 1 saturated heterocycles. The first-order valence-electron chi connectivity index (χ1n) is 12.4. The number of likely N-dealkylation sites (N-methyl/N-ethyl adjacent to an activating group) is 1. The Morgan fingerprint density at radius 2 is 2.06 bits per heavy atom. The van der Waals surface area contributed by atoms with Crippen molar-refractivity contribution in [3.05, 3.63) is 45.9 Å². The molecule has 0 radical (unpaired) electrons. The van der Waals surface area contributed by atoms with Gasteiger partial charge in [0.25, 0.3) is 0 Å². The van der Waals surface area contributed by atoms with E-state index in [9.17, 15) is 5.11 Å². The molecule has 0 saturated carbocycles. The fourth-order valence-corrected chi connectivity index (χ4v) is 4.95. The highest BCUT2D eigenvalue weighted by Crippen LogP contribution is 2.36. The second kappa shape index (κ2) is 11.7. The van der Waals surface area contributed by atoms with Gasteiger partial charge < -0.3 is 24.4 Å². The van der Waals surface area contributed by atoms with E-state index in [4.69, 9.17) is 35.6 Å². The normalized spacial score (nSPS) is 18.9. The second-order valence-electron chi connectivity index (χ2n) is 9.61. The van der Waals surface area contributed by atoms with E-state index in [-0.39, 0.29) is 12.7 Å². The molecule has 3 heterocycles. The lowest BCUT2D eigenvalue weighted by Crippen LogP contribution is -2.29. The topological polar surface area (TPSA) is 103 Å². The third kappa shape index (κ3) is 6.06. The Bertz CT molecular complexity index is 1180. The summed E-state index contributed by atoms with van der Waals surface area (Å²) >= 11 is 6.64. The van der Waals surface area contributed by atoms with Crippen molar-refractivity contribution in [3.8, 4) is 28.4 Å². The van der Waals surface area contributed by atoms with Gasteiger partial charge >= 0.3 is 0 Å². The van der Waals surface area contributed by atoms with Crippen LogP contribution in [0.4, 0.5) is 0 Å². The largest absolute Gasteiger partial charge is 0.491 e. The third-order valence-electron chi connectivity index (χ3n) is 6.65. The highest BCUT2D eigenvalue weighted by atomic mass is 35.5. The summed E-state index contributed by atoms with van der Waals surface area (Å²) in [4.78, 5) is 9.98. The summed E-state index contributed by atoms with van der Waals surface area (Å²) in [6.07, 6.45) is 2.45. The van der Waals surface area contributed by atoms with Gasteiger partial charge in [0.15, 0.2) is 5.82 Å². The molecular formula is C27H35ClN4O4. The fraction of sp³-hybridized carbons (Fsp3) is 0.519. The summed E-state index contributed by atoms with van der Waals surface area (Å²) in [7, 11) is 1.79. The molecule has 4 rings (SSSR count). The first-order chi connectivity index (χ1) is 17.3. The van der Waals surface area contributed by atoms with Gasteiger partial charge in [0.1, 0.15) is 24.2 Å². The highest BCUT2D eigenvalue weighted by molar-refractivity contribution is 6.33. The van der Waals surface area contributed by atoms with Crippen LogP contribution in [-0.2, 0) is 11.2 Å². The molecule has 36 heavy (non-hydrogen) atoms. The van der Waals surface area contributed by atoms with Crippen molar-refractivity contribution in [2.24, 2.45) is 5.92 Å². The number of benzene rings is 1. The van der Waals surface area contributed by atoms with Crippen LogP contribution >= 0.6 is 11.6 Å². The number of nitrogens with one attached hydrogen (secondary N) is 1. The number of rotatable bonds is 9. The molecule has 1 aromatic carbocycles. The van der Waals surface area contributed by atoms with Gasteiger partial charge in [0.05, 0.1) is 28.1 Å². The van der Waals surface area contributed by atoms with Crippen LogP contribution < -0.4 is 10.1 Å². The molecule has 9 heteroatoms. The summed E-state index contributed by atoms with van der Waals surface area (Å²) in [5.41, 5.74) is 5.15. The molecule has 1 fully saturated rings. The lowest BCUT2D eigenvalue weighted by atomic mass is 9.89. The van der Waals surface area contributed by atoms with E-state index >= 15 is 0 Å². The van der Waals surface area contributed by atoms with Crippen molar-refractivity contribution in [2.75, 3.05) is 26.8 Å². The first kappa shape index (κ1) is 26.5. The minimum Gasteiger partial charge on any atom is -0.491 e. The Labute approximate surface area is 217 Å². The summed E-state index contributed by atoms with van der Waals surface area (Å²) in [6.45, 7) is 9.37. The zero-order valence-electron chi connectivity index (χ0n) is 21.6. The minimum atomic E-state index is -0.621. The minimum absolute atomic E-state index is 0.161. The quantitative estimate of drug-likeness (QED) is 0.424. The smallest absolute Gasteiger partial charge is 0.161 e. The zero-order valence-corrected chi connectivity index (χ0v) is 22.4. The number of aryl methyl sites for hydroxylation is 2. The van der Waals surface area contributed by atoms with Gasteiger partial charge in [0, 0.05) is 24.4 Å². The Balaban J connectivity index is 1.76. The maximum absolute atomic E-state index is 10.0. The van der Waals surface area contributed by atoms with E-state index in [1.165, 1.54) is 0 Å². The number of aliphatic hydroxyl groups excluding tert-OH is 1. The maximum atomic E-state index is 10.0. The summed E-state index contributed by atoms with van der Waals surface area (Å²) < 4.78 is 17.1. The predicted molar refractivity (Wildman–Crippen MR) is 139 cm³/mol. The molecular weight excluding hydrogens is 480 g/mol. The van der Waals surface area contributed by atoms with Gasteiger partial charge in [-0.3, -0.25) is 0 Å². The van der Waals surface area contributed by atoms with Crippen LogP contribution in [0.3, 0.4) is 0 Å². The summed E-state index contributed by atoms with van der Waals surface area (Å²) in [5, 5.41) is 17.6. The highest BCUT2D eigenvalue weighted by Gasteiger charge is 2.25. The van der Waals surface area contributed by atoms with Crippen LogP contribution in [-0.4, -0.2) is 59.2 Å².